The summed E-state index contributed by atoms with van der Waals surface area (Å²) in [4.78, 5) is 2.19. The van der Waals surface area contributed by atoms with Gasteiger partial charge in [0.25, 0.3) is 10.0 Å². The highest BCUT2D eigenvalue weighted by atomic mass is 32.2. The first-order valence-electron chi connectivity index (χ1n) is 6.97. The van der Waals surface area contributed by atoms with E-state index in [0.29, 0.717) is 24.7 Å². The Labute approximate surface area is 120 Å². The predicted molar refractivity (Wildman–Crippen MR) is 76.8 cm³/mol. The summed E-state index contributed by atoms with van der Waals surface area (Å²) in [6, 6.07) is 0.635. The normalized spacial score (nSPS) is 15.9. The maximum atomic E-state index is 12.2. The van der Waals surface area contributed by atoms with Crippen molar-refractivity contribution in [1.29, 1.82) is 0 Å². The van der Waals surface area contributed by atoms with Crippen LogP contribution in [0, 0.1) is 0 Å². The Morgan fingerprint density at radius 2 is 2.25 bits per heavy atom. The molecule has 8 heteroatoms. The van der Waals surface area contributed by atoms with E-state index in [2.05, 4.69) is 25.1 Å². The van der Waals surface area contributed by atoms with Crippen molar-refractivity contribution in [3.63, 3.8) is 0 Å². The molecule has 1 heterocycles. The highest BCUT2D eigenvalue weighted by Crippen LogP contribution is 2.24. The molecule has 3 N–H and O–H groups in total. The van der Waals surface area contributed by atoms with Crippen LogP contribution in [0.25, 0.3) is 0 Å². The third-order valence-corrected chi connectivity index (χ3v) is 4.91. The second kappa shape index (κ2) is 6.66. The molecule has 0 aliphatic heterocycles. The van der Waals surface area contributed by atoms with Crippen LogP contribution in [0.15, 0.2) is 11.2 Å². The maximum Gasteiger partial charge on any atom is 0.257 e. The van der Waals surface area contributed by atoms with Crippen LogP contribution >= 0.6 is 0 Å². The molecule has 2 rings (SSSR count). The molecule has 7 nitrogen and oxygen atoms in total. The van der Waals surface area contributed by atoms with Crippen molar-refractivity contribution in [1.82, 2.24) is 25.1 Å². The smallest absolute Gasteiger partial charge is 0.257 e. The van der Waals surface area contributed by atoms with Crippen molar-refractivity contribution in [2.24, 2.45) is 0 Å². The summed E-state index contributed by atoms with van der Waals surface area (Å²) in [5, 5.41) is 9.66. The Morgan fingerprint density at radius 1 is 1.50 bits per heavy atom. The van der Waals surface area contributed by atoms with Crippen LogP contribution in [-0.2, 0) is 16.6 Å². The van der Waals surface area contributed by atoms with E-state index in [9.17, 15) is 8.42 Å². The number of sulfonamides is 1. The molecular weight excluding hydrogens is 278 g/mol. The number of hydrogen-bond donors (Lipinski definition) is 3. The Hall–Kier alpha value is -0.960. The lowest BCUT2D eigenvalue weighted by Gasteiger charge is -2.15. The molecule has 0 radical (unpaired) electrons. The monoisotopic (exact) mass is 301 g/mol. The van der Waals surface area contributed by atoms with Gasteiger partial charge in [-0.2, -0.15) is 5.10 Å². The molecule has 1 aliphatic rings. The van der Waals surface area contributed by atoms with E-state index >= 15 is 0 Å². The molecule has 1 aromatic rings. The summed E-state index contributed by atoms with van der Waals surface area (Å²) in [5.41, 5.74) is 0.662. The molecule has 1 aromatic heterocycles. The second-order valence-corrected chi connectivity index (χ2v) is 6.82. The van der Waals surface area contributed by atoms with Crippen LogP contribution < -0.4 is 10.0 Å². The van der Waals surface area contributed by atoms with Gasteiger partial charge in [0.05, 0.1) is 6.20 Å². The lowest BCUT2D eigenvalue weighted by Crippen LogP contribution is -2.34. The molecule has 0 amide bonds. The molecule has 0 atom stereocenters. The van der Waals surface area contributed by atoms with Crippen molar-refractivity contribution in [3.8, 4) is 0 Å². The van der Waals surface area contributed by atoms with Gasteiger partial charge < -0.3 is 10.2 Å². The summed E-state index contributed by atoms with van der Waals surface area (Å²) in [5.74, 6) is 0. The van der Waals surface area contributed by atoms with Crippen LogP contribution in [0.4, 0.5) is 0 Å². The van der Waals surface area contributed by atoms with Crippen LogP contribution in [0.2, 0.25) is 0 Å². The molecule has 0 saturated heterocycles. The number of aromatic amines is 1. The number of nitrogens with one attached hydrogen (secondary N) is 3. The standard InChI is InChI=1S/C12H23N5O2S/c1-3-13-8-10-9-14-16-12(10)20(18,19)15-6-7-17(2)11-4-5-11/h9,11,13,15H,3-8H2,1-2H3,(H,14,16). The minimum absolute atomic E-state index is 0.160. The summed E-state index contributed by atoms with van der Waals surface area (Å²) >= 11 is 0. The summed E-state index contributed by atoms with van der Waals surface area (Å²) < 4.78 is 27.1. The first kappa shape index (κ1) is 15.4. The first-order valence-corrected chi connectivity index (χ1v) is 8.45. The Kier molecular flexibility index (Phi) is 5.14. The van der Waals surface area contributed by atoms with E-state index in [0.717, 1.165) is 13.1 Å². The topological polar surface area (TPSA) is 90.1 Å². The molecular formula is C12H23N5O2S. The van der Waals surface area contributed by atoms with Crippen molar-refractivity contribution in [2.45, 2.75) is 37.4 Å². The van der Waals surface area contributed by atoms with E-state index in [1.54, 1.807) is 6.20 Å². The van der Waals surface area contributed by atoms with Gasteiger partial charge in [-0.15, -0.1) is 0 Å². The third-order valence-electron chi connectivity index (χ3n) is 3.44. The summed E-state index contributed by atoms with van der Waals surface area (Å²) in [6.07, 6.45) is 3.99. The van der Waals surface area contributed by atoms with Crippen LogP contribution in [0.5, 0.6) is 0 Å². The Bertz CT molecular complexity index is 524. The molecule has 0 aromatic carbocycles. The number of aromatic nitrogens is 2. The number of rotatable bonds is 9. The van der Waals surface area contributed by atoms with Crippen molar-refractivity contribution in [2.75, 3.05) is 26.7 Å². The highest BCUT2D eigenvalue weighted by molar-refractivity contribution is 7.89. The zero-order valence-electron chi connectivity index (χ0n) is 12.0. The minimum atomic E-state index is -3.51. The van der Waals surface area contributed by atoms with E-state index in [-0.39, 0.29) is 5.03 Å². The van der Waals surface area contributed by atoms with E-state index in [1.807, 2.05) is 14.0 Å². The summed E-state index contributed by atoms with van der Waals surface area (Å²) in [6.45, 7) is 4.38. The van der Waals surface area contributed by atoms with Crippen LogP contribution in [0.1, 0.15) is 25.3 Å². The fraction of sp³-hybridized carbons (Fsp3) is 0.750. The molecule has 20 heavy (non-hydrogen) atoms. The van der Waals surface area contributed by atoms with Crippen molar-refractivity contribution in [3.05, 3.63) is 11.8 Å². The van der Waals surface area contributed by atoms with Gasteiger partial charge >= 0.3 is 0 Å². The molecule has 0 unspecified atom stereocenters. The maximum absolute atomic E-state index is 12.2. The Morgan fingerprint density at radius 3 is 2.90 bits per heavy atom. The van der Waals surface area contributed by atoms with E-state index in [1.165, 1.54) is 12.8 Å². The SMILES string of the molecule is CCNCc1cn[nH]c1S(=O)(=O)NCCN(C)C1CC1. The van der Waals surface area contributed by atoms with Crippen molar-refractivity contribution >= 4 is 10.0 Å². The average molecular weight is 301 g/mol. The molecule has 1 aliphatic carbocycles. The lowest BCUT2D eigenvalue weighted by atomic mass is 10.3. The minimum Gasteiger partial charge on any atom is -0.313 e. The number of hydrogen-bond acceptors (Lipinski definition) is 5. The molecule has 1 saturated carbocycles. The Balaban J connectivity index is 1.90. The summed E-state index contributed by atoms with van der Waals surface area (Å²) in [7, 11) is -1.49. The fourth-order valence-corrected chi connectivity index (χ4v) is 3.19. The zero-order valence-corrected chi connectivity index (χ0v) is 12.8. The average Bonchev–Trinajstić information content (AvgIpc) is 3.14. The van der Waals surface area contributed by atoms with Crippen LogP contribution in [0.3, 0.4) is 0 Å². The third kappa shape index (κ3) is 4.02. The number of likely N-dealkylation sites (N-methyl/N-ethyl adjacent to an activating group) is 1. The van der Waals surface area contributed by atoms with Gasteiger partial charge in [0.2, 0.25) is 0 Å². The molecule has 114 valence electrons. The van der Waals surface area contributed by atoms with E-state index < -0.39 is 10.0 Å². The van der Waals surface area contributed by atoms with Gasteiger partial charge in [-0.25, -0.2) is 13.1 Å². The highest BCUT2D eigenvalue weighted by Gasteiger charge is 2.26. The van der Waals surface area contributed by atoms with Crippen LogP contribution in [-0.4, -0.2) is 56.2 Å². The fourth-order valence-electron chi connectivity index (χ4n) is 2.04. The molecule has 0 spiro atoms. The van der Waals surface area contributed by atoms with E-state index in [4.69, 9.17) is 0 Å². The van der Waals surface area contributed by atoms with Gasteiger partial charge in [-0.05, 0) is 26.4 Å². The van der Waals surface area contributed by atoms with Gasteiger partial charge in [0.15, 0.2) is 5.03 Å². The van der Waals surface area contributed by atoms with Gasteiger partial charge in [-0.3, -0.25) is 5.10 Å². The van der Waals surface area contributed by atoms with Crippen molar-refractivity contribution < 1.29 is 8.42 Å². The molecule has 0 bridgehead atoms. The largest absolute Gasteiger partial charge is 0.313 e. The first-order chi connectivity index (χ1) is 9.54. The number of H-pyrrole nitrogens is 1. The molecule has 1 fully saturated rings. The zero-order chi connectivity index (χ0) is 14.6. The number of nitrogens with zero attached hydrogens (tertiary/aromatic N) is 2. The second-order valence-electron chi connectivity index (χ2n) is 5.11. The quantitative estimate of drug-likeness (QED) is 0.592. The lowest BCUT2D eigenvalue weighted by molar-refractivity contribution is 0.329. The van der Waals surface area contributed by atoms with Gasteiger partial charge in [0, 0.05) is 31.2 Å². The van der Waals surface area contributed by atoms with Gasteiger partial charge in [0.1, 0.15) is 0 Å². The predicted octanol–water partition coefficient (Wildman–Crippen LogP) is -0.108. The van der Waals surface area contributed by atoms with Gasteiger partial charge in [-0.1, -0.05) is 6.92 Å².